The number of nitrogens with zero attached hydrogens (tertiary/aromatic N) is 2. The van der Waals surface area contributed by atoms with Crippen molar-refractivity contribution in [1.29, 1.82) is 0 Å². The van der Waals surface area contributed by atoms with Crippen LogP contribution in [0, 0.1) is 15.9 Å². The average molecular weight is 291 g/mol. The van der Waals surface area contributed by atoms with E-state index in [1.165, 1.54) is 31.4 Å². The van der Waals surface area contributed by atoms with E-state index in [2.05, 4.69) is 10.3 Å². The Morgan fingerprint density at radius 1 is 1.38 bits per heavy atom. The highest BCUT2D eigenvalue weighted by Gasteiger charge is 2.14. The largest absolute Gasteiger partial charge is 0.495 e. The number of halogens is 1. The van der Waals surface area contributed by atoms with Crippen LogP contribution in [-0.2, 0) is 0 Å². The molecule has 21 heavy (non-hydrogen) atoms. The van der Waals surface area contributed by atoms with Gasteiger partial charge in [0.25, 0.3) is 5.69 Å². The normalized spacial score (nSPS) is 11.8. The second-order valence-corrected chi connectivity index (χ2v) is 4.41. The topological polar surface area (TPSA) is 77.3 Å². The van der Waals surface area contributed by atoms with E-state index in [-0.39, 0.29) is 11.7 Å². The lowest BCUT2D eigenvalue weighted by molar-refractivity contribution is -0.384. The summed E-state index contributed by atoms with van der Waals surface area (Å²) in [6.07, 6.45) is 1.12. The Morgan fingerprint density at radius 2 is 2.14 bits per heavy atom. The monoisotopic (exact) mass is 291 g/mol. The highest BCUT2D eigenvalue weighted by molar-refractivity contribution is 5.62. The smallest absolute Gasteiger partial charge is 0.271 e. The van der Waals surface area contributed by atoms with Crippen molar-refractivity contribution in [2.24, 2.45) is 0 Å². The highest BCUT2D eigenvalue weighted by atomic mass is 19.1. The van der Waals surface area contributed by atoms with Crippen LogP contribution < -0.4 is 10.1 Å². The van der Waals surface area contributed by atoms with Gasteiger partial charge in [-0.15, -0.1) is 0 Å². The minimum absolute atomic E-state index is 0.0439. The molecule has 2 rings (SSSR count). The van der Waals surface area contributed by atoms with Crippen LogP contribution in [0.25, 0.3) is 0 Å². The van der Waals surface area contributed by atoms with Crippen molar-refractivity contribution in [3.63, 3.8) is 0 Å². The standard InChI is InChI=1S/C14H14FN3O3/c1-9(12-5-3-10(15)8-16-12)17-13-7-11(18(19)20)4-6-14(13)21-2/h3-9,17H,1-2H3. The van der Waals surface area contributed by atoms with Crippen LogP contribution in [0.1, 0.15) is 18.7 Å². The molecular formula is C14H14FN3O3. The number of ether oxygens (including phenoxy) is 1. The van der Waals surface area contributed by atoms with Gasteiger partial charge < -0.3 is 10.1 Å². The van der Waals surface area contributed by atoms with E-state index in [4.69, 9.17) is 4.74 Å². The van der Waals surface area contributed by atoms with Crippen molar-refractivity contribution in [3.05, 3.63) is 58.2 Å². The summed E-state index contributed by atoms with van der Waals surface area (Å²) in [4.78, 5) is 14.3. The molecule has 1 aromatic carbocycles. The van der Waals surface area contributed by atoms with E-state index in [9.17, 15) is 14.5 Å². The first-order valence-electron chi connectivity index (χ1n) is 6.21. The number of benzene rings is 1. The lowest BCUT2D eigenvalue weighted by Crippen LogP contribution is -2.09. The number of pyridine rings is 1. The van der Waals surface area contributed by atoms with Crippen molar-refractivity contribution in [1.82, 2.24) is 4.98 Å². The van der Waals surface area contributed by atoms with Gasteiger partial charge in [0.1, 0.15) is 11.6 Å². The van der Waals surface area contributed by atoms with Gasteiger partial charge in [-0.3, -0.25) is 15.1 Å². The number of non-ortho nitro benzene ring substituents is 1. The van der Waals surface area contributed by atoms with Crippen LogP contribution in [0.15, 0.2) is 36.5 Å². The fourth-order valence-corrected chi connectivity index (χ4v) is 1.87. The Bertz CT molecular complexity index is 646. The van der Waals surface area contributed by atoms with Crippen LogP contribution in [0.3, 0.4) is 0 Å². The molecule has 0 spiro atoms. The van der Waals surface area contributed by atoms with E-state index < -0.39 is 10.7 Å². The number of hydrogen-bond donors (Lipinski definition) is 1. The molecule has 2 aromatic rings. The van der Waals surface area contributed by atoms with Gasteiger partial charge in [0.2, 0.25) is 0 Å². The lowest BCUT2D eigenvalue weighted by atomic mass is 10.2. The molecule has 0 aliphatic heterocycles. The molecule has 0 fully saturated rings. The molecule has 1 heterocycles. The highest BCUT2D eigenvalue weighted by Crippen LogP contribution is 2.31. The predicted molar refractivity (Wildman–Crippen MR) is 75.9 cm³/mol. The number of aromatic nitrogens is 1. The Balaban J connectivity index is 2.26. The van der Waals surface area contributed by atoms with Crippen molar-refractivity contribution in [2.45, 2.75) is 13.0 Å². The second-order valence-electron chi connectivity index (χ2n) is 4.41. The van der Waals surface area contributed by atoms with Gasteiger partial charge in [0.15, 0.2) is 0 Å². The van der Waals surface area contributed by atoms with Gasteiger partial charge in [0.05, 0.1) is 35.7 Å². The number of methoxy groups -OCH3 is 1. The minimum atomic E-state index is -0.481. The van der Waals surface area contributed by atoms with Gasteiger partial charge in [-0.05, 0) is 25.1 Å². The number of nitrogens with one attached hydrogen (secondary N) is 1. The molecule has 1 unspecified atom stereocenters. The van der Waals surface area contributed by atoms with Crippen molar-refractivity contribution in [2.75, 3.05) is 12.4 Å². The summed E-state index contributed by atoms with van der Waals surface area (Å²) in [6.45, 7) is 1.82. The molecule has 1 aromatic heterocycles. The summed E-state index contributed by atoms with van der Waals surface area (Å²) < 4.78 is 18.0. The van der Waals surface area contributed by atoms with Crippen LogP contribution in [0.4, 0.5) is 15.8 Å². The minimum Gasteiger partial charge on any atom is -0.495 e. The number of anilines is 1. The molecule has 1 N–H and O–H groups in total. The maximum Gasteiger partial charge on any atom is 0.271 e. The Labute approximate surface area is 120 Å². The molecule has 0 saturated heterocycles. The van der Waals surface area contributed by atoms with E-state index in [0.29, 0.717) is 17.1 Å². The van der Waals surface area contributed by atoms with Gasteiger partial charge >= 0.3 is 0 Å². The van der Waals surface area contributed by atoms with Crippen molar-refractivity contribution >= 4 is 11.4 Å². The van der Waals surface area contributed by atoms with E-state index in [0.717, 1.165) is 6.20 Å². The molecule has 6 nitrogen and oxygen atoms in total. The predicted octanol–water partition coefficient (Wildman–Crippen LogP) is 3.31. The van der Waals surface area contributed by atoms with E-state index in [1.807, 2.05) is 6.92 Å². The molecule has 0 saturated carbocycles. The SMILES string of the molecule is COc1ccc([N+](=O)[O-])cc1NC(C)c1ccc(F)cn1. The van der Waals surface area contributed by atoms with E-state index >= 15 is 0 Å². The number of nitro benzene ring substituents is 1. The fourth-order valence-electron chi connectivity index (χ4n) is 1.87. The summed E-state index contributed by atoms with van der Waals surface area (Å²) in [5, 5.41) is 13.9. The maximum atomic E-state index is 12.9. The van der Waals surface area contributed by atoms with Gasteiger partial charge in [0, 0.05) is 12.1 Å². The first-order valence-corrected chi connectivity index (χ1v) is 6.21. The summed E-state index contributed by atoms with van der Waals surface area (Å²) in [7, 11) is 1.48. The van der Waals surface area contributed by atoms with Crippen molar-refractivity contribution in [3.8, 4) is 5.75 Å². The molecule has 1 atom stereocenters. The van der Waals surface area contributed by atoms with Crippen LogP contribution >= 0.6 is 0 Å². The Morgan fingerprint density at radius 3 is 2.71 bits per heavy atom. The summed E-state index contributed by atoms with van der Waals surface area (Å²) in [6, 6.07) is 6.87. The number of nitro groups is 1. The van der Waals surface area contributed by atoms with Crippen LogP contribution in [-0.4, -0.2) is 17.0 Å². The van der Waals surface area contributed by atoms with Gasteiger partial charge in [-0.1, -0.05) is 0 Å². The second kappa shape index (κ2) is 6.17. The zero-order valence-corrected chi connectivity index (χ0v) is 11.5. The number of rotatable bonds is 5. The first kappa shape index (κ1) is 14.7. The zero-order valence-electron chi connectivity index (χ0n) is 11.5. The summed E-state index contributed by atoms with van der Waals surface area (Å²) in [5.41, 5.74) is 1.05. The van der Waals surface area contributed by atoms with Crippen molar-refractivity contribution < 1.29 is 14.1 Å². The molecule has 0 aliphatic carbocycles. The molecule has 0 aliphatic rings. The number of hydrogen-bond acceptors (Lipinski definition) is 5. The third kappa shape index (κ3) is 3.44. The lowest BCUT2D eigenvalue weighted by Gasteiger charge is -2.17. The van der Waals surface area contributed by atoms with E-state index in [1.54, 1.807) is 6.07 Å². The average Bonchev–Trinajstić information content (AvgIpc) is 2.47. The van der Waals surface area contributed by atoms with Crippen LogP contribution in [0.2, 0.25) is 0 Å². The first-order chi connectivity index (χ1) is 10.0. The summed E-state index contributed by atoms with van der Waals surface area (Å²) >= 11 is 0. The third-order valence-electron chi connectivity index (χ3n) is 2.96. The Hall–Kier alpha value is -2.70. The Kier molecular flexibility index (Phi) is 4.32. The molecular weight excluding hydrogens is 277 g/mol. The van der Waals surface area contributed by atoms with Gasteiger partial charge in [-0.2, -0.15) is 0 Å². The fraction of sp³-hybridized carbons (Fsp3) is 0.214. The zero-order chi connectivity index (χ0) is 15.4. The van der Waals surface area contributed by atoms with Gasteiger partial charge in [-0.25, -0.2) is 4.39 Å². The quantitative estimate of drug-likeness (QED) is 0.675. The summed E-state index contributed by atoms with van der Waals surface area (Å²) in [5.74, 6) is 0.0634. The molecule has 7 heteroatoms. The molecule has 0 bridgehead atoms. The molecule has 0 amide bonds. The third-order valence-corrected chi connectivity index (χ3v) is 2.96. The molecule has 0 radical (unpaired) electrons. The van der Waals surface area contributed by atoms with Crippen LogP contribution in [0.5, 0.6) is 5.75 Å². The maximum absolute atomic E-state index is 12.9. The molecule has 110 valence electrons.